The lowest BCUT2D eigenvalue weighted by atomic mass is 11.4. The van der Waals surface area contributed by atoms with E-state index in [0.29, 0.717) is 0 Å². The van der Waals surface area contributed by atoms with Crippen LogP contribution in [0, 0.1) is 12.0 Å². The molecule has 0 atom stereocenters. The van der Waals surface area contributed by atoms with Crippen molar-refractivity contribution in [3.05, 3.63) is 0 Å². The molecule has 0 saturated heterocycles. The van der Waals surface area contributed by atoms with E-state index in [9.17, 15) is 0 Å². The monoisotopic (exact) mass is 116 g/mol. The Hall–Kier alpha value is -0.303. The molecule has 0 unspecified atom stereocenters. The molecule has 0 aromatic heterocycles. The van der Waals surface area contributed by atoms with Crippen molar-refractivity contribution in [3.8, 4) is 12.0 Å². The molecule has 0 aliphatic carbocycles. The van der Waals surface area contributed by atoms with Crippen LogP contribution in [0.4, 0.5) is 0 Å². The Labute approximate surface area is 45.3 Å². The summed E-state index contributed by atoms with van der Waals surface area (Å²) in [7, 11) is 1.47. The summed E-state index contributed by atoms with van der Waals surface area (Å²) in [5.41, 5.74) is 2.40. The lowest BCUT2D eigenvalue weighted by Crippen LogP contribution is -2.15. The molecule has 0 heterocycles. The minimum absolute atomic E-state index is 1.56. The van der Waals surface area contributed by atoms with Crippen LogP contribution in [0.3, 0.4) is 0 Å². The van der Waals surface area contributed by atoms with Gasteiger partial charge in [0.05, 0.1) is 0 Å². The number of hydrogen-bond donors (Lipinski definition) is 0. The number of terminal acetylenes is 1. The first-order chi connectivity index (χ1) is 3.35. The van der Waals surface area contributed by atoms with E-state index < -0.39 is 9.28 Å². The summed E-state index contributed by atoms with van der Waals surface area (Å²) in [4.78, 5) is 0. The quantitative estimate of drug-likeness (QED) is 0.363. The van der Waals surface area contributed by atoms with E-state index >= 15 is 0 Å². The van der Waals surface area contributed by atoms with Crippen LogP contribution in [0.1, 0.15) is 0 Å². The Morgan fingerprint density at radius 1 is 1.43 bits per heavy atom. The third-order valence-electron chi connectivity index (χ3n) is 0.564. The van der Waals surface area contributed by atoms with Crippen molar-refractivity contribution >= 4 is 9.28 Å². The van der Waals surface area contributed by atoms with Crippen LogP contribution < -0.4 is 0 Å². The van der Waals surface area contributed by atoms with Crippen LogP contribution in [0.5, 0.6) is 0 Å². The fourth-order valence-corrected chi connectivity index (χ4v) is 0.697. The topological polar surface area (TPSA) is 18.5 Å². The fraction of sp³-hybridized carbons (Fsp3) is 0.500. The number of hydrogen-bond acceptors (Lipinski definition) is 2. The first-order valence-corrected chi connectivity index (χ1v) is 3.39. The third kappa shape index (κ3) is 2.40. The Morgan fingerprint density at radius 3 is 1.86 bits per heavy atom. The van der Waals surface area contributed by atoms with Gasteiger partial charge in [0.25, 0.3) is 0 Å². The van der Waals surface area contributed by atoms with Gasteiger partial charge in [0.2, 0.25) is 0 Å². The van der Waals surface area contributed by atoms with E-state index in [1.807, 2.05) is 0 Å². The number of rotatable bonds is 2. The summed E-state index contributed by atoms with van der Waals surface area (Å²) in [5, 5.41) is 0. The normalized spacial score (nSPS) is 8.86. The lowest BCUT2D eigenvalue weighted by molar-refractivity contribution is 0.293. The van der Waals surface area contributed by atoms with Crippen molar-refractivity contribution < 1.29 is 8.85 Å². The maximum atomic E-state index is 4.96. The molecule has 0 aliphatic rings. The van der Waals surface area contributed by atoms with Crippen molar-refractivity contribution in [2.45, 2.75) is 0 Å². The molecule has 0 N–H and O–H groups in total. The molecule has 40 valence electrons. The smallest absolute Gasteiger partial charge is 0.391 e. The fourth-order valence-electron chi connectivity index (χ4n) is 0.232. The Kier molecular flexibility index (Phi) is 3.70. The molecule has 0 radical (unpaired) electrons. The van der Waals surface area contributed by atoms with Gasteiger partial charge < -0.3 is 8.85 Å². The predicted octanol–water partition coefficient (Wildman–Crippen LogP) is -0.328. The second-order valence-corrected chi connectivity index (χ2v) is 2.91. The molecule has 0 saturated carbocycles. The Bertz CT molecular complexity index is 72.2. The van der Waals surface area contributed by atoms with Crippen molar-refractivity contribution in [3.63, 3.8) is 0 Å². The van der Waals surface area contributed by atoms with Gasteiger partial charge in [-0.05, 0) is 0 Å². The Morgan fingerprint density at radius 2 is 1.86 bits per heavy atom. The van der Waals surface area contributed by atoms with Gasteiger partial charge in [-0.2, -0.15) is 0 Å². The van der Waals surface area contributed by atoms with E-state index in [4.69, 9.17) is 15.3 Å². The third-order valence-corrected chi connectivity index (χ3v) is 1.69. The SMILES string of the molecule is C#C[SiH](OC)OC. The van der Waals surface area contributed by atoms with Crippen molar-refractivity contribution in [2.75, 3.05) is 14.2 Å². The molecule has 0 spiro atoms. The van der Waals surface area contributed by atoms with Crippen LogP contribution in [0.2, 0.25) is 0 Å². The molecule has 0 amide bonds. The van der Waals surface area contributed by atoms with Gasteiger partial charge in [-0.1, -0.05) is 5.54 Å². The maximum Gasteiger partial charge on any atom is 0.406 e. The highest BCUT2D eigenvalue weighted by Crippen LogP contribution is 1.77. The average Bonchev–Trinajstić information content (AvgIpc) is 1.72. The van der Waals surface area contributed by atoms with Gasteiger partial charge in [0.15, 0.2) is 0 Å². The zero-order chi connectivity index (χ0) is 5.70. The zero-order valence-corrected chi connectivity index (χ0v) is 5.63. The van der Waals surface area contributed by atoms with Crippen LogP contribution in [-0.2, 0) is 8.85 Å². The van der Waals surface area contributed by atoms with Crippen molar-refractivity contribution in [1.82, 2.24) is 0 Å². The van der Waals surface area contributed by atoms with Gasteiger partial charge in [-0.15, -0.1) is 6.42 Å². The van der Waals surface area contributed by atoms with Gasteiger partial charge >= 0.3 is 9.28 Å². The summed E-state index contributed by atoms with van der Waals surface area (Å²) in [6.45, 7) is 0. The summed E-state index contributed by atoms with van der Waals surface area (Å²) >= 11 is 0. The van der Waals surface area contributed by atoms with Crippen LogP contribution >= 0.6 is 0 Å². The highest BCUT2D eigenvalue weighted by Gasteiger charge is 2.00. The van der Waals surface area contributed by atoms with E-state index in [0.717, 1.165) is 0 Å². The minimum atomic E-state index is -1.64. The molecule has 0 bridgehead atoms. The van der Waals surface area contributed by atoms with Crippen LogP contribution in [0.25, 0.3) is 0 Å². The van der Waals surface area contributed by atoms with E-state index in [1.54, 1.807) is 14.2 Å². The molecular weight excluding hydrogens is 108 g/mol. The summed E-state index contributed by atoms with van der Waals surface area (Å²) < 4.78 is 9.46. The first-order valence-electron chi connectivity index (χ1n) is 1.87. The van der Waals surface area contributed by atoms with Gasteiger partial charge in [0, 0.05) is 14.2 Å². The molecule has 0 rings (SSSR count). The molecule has 3 heteroatoms. The largest absolute Gasteiger partial charge is 0.406 e. The van der Waals surface area contributed by atoms with E-state index in [2.05, 4.69) is 5.54 Å². The first kappa shape index (κ1) is 6.70. The van der Waals surface area contributed by atoms with E-state index in [1.165, 1.54) is 0 Å². The van der Waals surface area contributed by atoms with Crippen LogP contribution in [0.15, 0.2) is 0 Å². The van der Waals surface area contributed by atoms with Gasteiger partial charge in [-0.25, -0.2) is 0 Å². The minimum Gasteiger partial charge on any atom is -0.391 e. The lowest BCUT2D eigenvalue weighted by Gasteiger charge is -1.99. The molecule has 0 fully saturated rings. The van der Waals surface area contributed by atoms with Crippen molar-refractivity contribution in [2.24, 2.45) is 0 Å². The standard InChI is InChI=1S/C4H8O2Si/c1-4-7(5-2)6-3/h1,7H,2-3H3. The molecular formula is C4H8O2Si. The highest BCUT2D eigenvalue weighted by atomic mass is 28.3. The average molecular weight is 116 g/mol. The van der Waals surface area contributed by atoms with E-state index in [-0.39, 0.29) is 0 Å². The van der Waals surface area contributed by atoms with Crippen LogP contribution in [-0.4, -0.2) is 23.5 Å². The summed E-state index contributed by atoms with van der Waals surface area (Å²) in [6.07, 6.45) is 4.96. The van der Waals surface area contributed by atoms with Crippen molar-refractivity contribution in [1.29, 1.82) is 0 Å². The Balaban J connectivity index is 3.23. The second kappa shape index (κ2) is 3.87. The van der Waals surface area contributed by atoms with Gasteiger partial charge in [-0.3, -0.25) is 0 Å². The predicted molar refractivity (Wildman–Crippen MR) is 30.0 cm³/mol. The highest BCUT2D eigenvalue weighted by molar-refractivity contribution is 6.54. The molecule has 0 aliphatic heterocycles. The maximum absolute atomic E-state index is 4.96. The summed E-state index contributed by atoms with van der Waals surface area (Å²) in [5.74, 6) is 0. The van der Waals surface area contributed by atoms with Gasteiger partial charge in [0.1, 0.15) is 0 Å². The zero-order valence-electron chi connectivity index (χ0n) is 4.47. The second-order valence-electron chi connectivity index (χ2n) is 0.970. The summed E-state index contributed by atoms with van der Waals surface area (Å²) in [6, 6.07) is 0. The molecule has 7 heavy (non-hydrogen) atoms. The molecule has 0 aromatic carbocycles. The molecule has 0 aromatic rings. The molecule has 2 nitrogen and oxygen atoms in total.